The number of hydrogen-bond acceptors (Lipinski definition) is 2. The van der Waals surface area contributed by atoms with Crippen LogP contribution in [0.3, 0.4) is 0 Å². The summed E-state index contributed by atoms with van der Waals surface area (Å²) >= 11 is 0. The van der Waals surface area contributed by atoms with E-state index in [2.05, 4.69) is 29.7 Å². The van der Waals surface area contributed by atoms with Crippen LogP contribution in [0.15, 0.2) is 11.6 Å². The van der Waals surface area contributed by atoms with Gasteiger partial charge in [-0.2, -0.15) is 0 Å². The molecule has 2 rings (SSSR count). The Bertz CT molecular complexity index is 227. The lowest BCUT2D eigenvalue weighted by Gasteiger charge is -2.39. The minimum absolute atomic E-state index is 0.858. The molecule has 2 nitrogen and oxygen atoms in total. The van der Waals surface area contributed by atoms with Gasteiger partial charge in [0.1, 0.15) is 0 Å². The first kappa shape index (κ1) is 11.2. The van der Waals surface area contributed by atoms with Crippen molar-refractivity contribution >= 4 is 0 Å². The normalized spacial score (nSPS) is 26.7. The van der Waals surface area contributed by atoms with Gasteiger partial charge in [-0.05, 0) is 45.8 Å². The van der Waals surface area contributed by atoms with E-state index in [1.165, 1.54) is 52.0 Å². The molecule has 2 aliphatic heterocycles. The van der Waals surface area contributed by atoms with Crippen molar-refractivity contribution in [2.45, 2.75) is 39.2 Å². The number of piperidine rings is 1. The zero-order valence-electron chi connectivity index (χ0n) is 10.2. The second kappa shape index (κ2) is 5.13. The van der Waals surface area contributed by atoms with Gasteiger partial charge in [0, 0.05) is 19.1 Å². The van der Waals surface area contributed by atoms with Crippen molar-refractivity contribution < 1.29 is 0 Å². The smallest absolute Gasteiger partial charge is 0.0168 e. The number of rotatable bonds is 2. The molecule has 0 atom stereocenters. The molecule has 0 aromatic carbocycles. The van der Waals surface area contributed by atoms with Crippen LogP contribution in [0.5, 0.6) is 0 Å². The third-order valence-electron chi connectivity index (χ3n) is 3.99. The van der Waals surface area contributed by atoms with Gasteiger partial charge in [0.15, 0.2) is 0 Å². The van der Waals surface area contributed by atoms with Gasteiger partial charge in [-0.15, -0.1) is 0 Å². The second-order valence-electron chi connectivity index (χ2n) is 4.96. The highest BCUT2D eigenvalue weighted by Gasteiger charge is 2.24. The molecule has 0 unspecified atom stereocenters. The molecule has 0 aliphatic carbocycles. The predicted octanol–water partition coefficient (Wildman–Crippen LogP) is 2.12. The maximum Gasteiger partial charge on any atom is 0.0168 e. The van der Waals surface area contributed by atoms with Crippen LogP contribution in [0.1, 0.15) is 33.1 Å². The molecule has 2 heterocycles. The quantitative estimate of drug-likeness (QED) is 0.641. The first-order valence-electron chi connectivity index (χ1n) is 6.41. The lowest BCUT2D eigenvalue weighted by atomic mass is 10.0. The van der Waals surface area contributed by atoms with Crippen LogP contribution < -0.4 is 0 Å². The summed E-state index contributed by atoms with van der Waals surface area (Å²) in [6.07, 6.45) is 6.45. The van der Waals surface area contributed by atoms with Crippen molar-refractivity contribution in [2.24, 2.45) is 0 Å². The van der Waals surface area contributed by atoms with Crippen LogP contribution in [0.2, 0.25) is 0 Å². The van der Waals surface area contributed by atoms with Crippen LogP contribution in [0.25, 0.3) is 0 Å². The molecule has 0 radical (unpaired) electrons. The Labute approximate surface area is 93.9 Å². The molecule has 0 aromatic rings. The Morgan fingerprint density at radius 1 is 1.27 bits per heavy atom. The van der Waals surface area contributed by atoms with Gasteiger partial charge in [-0.3, -0.25) is 4.90 Å². The van der Waals surface area contributed by atoms with E-state index < -0.39 is 0 Å². The third kappa shape index (κ3) is 2.82. The molecular formula is C13H24N2. The highest BCUT2D eigenvalue weighted by Crippen LogP contribution is 2.20. The van der Waals surface area contributed by atoms with Gasteiger partial charge in [0.25, 0.3) is 0 Å². The van der Waals surface area contributed by atoms with Gasteiger partial charge in [-0.25, -0.2) is 0 Å². The average molecular weight is 208 g/mol. The molecule has 2 heteroatoms. The average Bonchev–Trinajstić information content (AvgIpc) is 2.30. The molecule has 15 heavy (non-hydrogen) atoms. The van der Waals surface area contributed by atoms with E-state index in [1.807, 2.05) is 0 Å². The van der Waals surface area contributed by atoms with Crippen molar-refractivity contribution in [3.63, 3.8) is 0 Å². The monoisotopic (exact) mass is 208 g/mol. The topological polar surface area (TPSA) is 6.48 Å². The second-order valence-corrected chi connectivity index (χ2v) is 4.96. The summed E-state index contributed by atoms with van der Waals surface area (Å²) in [6, 6.07) is 0.858. The highest BCUT2D eigenvalue weighted by molar-refractivity contribution is 5.04. The Hall–Kier alpha value is -0.340. The minimum Gasteiger partial charge on any atom is -0.303 e. The molecule has 1 fully saturated rings. The van der Waals surface area contributed by atoms with E-state index in [9.17, 15) is 0 Å². The molecule has 0 saturated carbocycles. The van der Waals surface area contributed by atoms with Crippen LogP contribution >= 0.6 is 0 Å². The van der Waals surface area contributed by atoms with E-state index in [-0.39, 0.29) is 0 Å². The minimum atomic E-state index is 0.858. The summed E-state index contributed by atoms with van der Waals surface area (Å²) < 4.78 is 0. The SMILES string of the molecule is CCN1CCC(N2CC=C(C)CC2)CC1. The first-order chi connectivity index (χ1) is 7.29. The van der Waals surface area contributed by atoms with E-state index in [0.29, 0.717) is 0 Å². The Morgan fingerprint density at radius 2 is 2.00 bits per heavy atom. The fourth-order valence-corrected chi connectivity index (χ4v) is 2.72. The highest BCUT2D eigenvalue weighted by atomic mass is 15.2. The number of nitrogens with zero attached hydrogens (tertiary/aromatic N) is 2. The zero-order valence-corrected chi connectivity index (χ0v) is 10.2. The van der Waals surface area contributed by atoms with Crippen LogP contribution in [0.4, 0.5) is 0 Å². The molecule has 2 aliphatic rings. The van der Waals surface area contributed by atoms with Crippen LogP contribution in [0, 0.1) is 0 Å². The van der Waals surface area contributed by atoms with Gasteiger partial charge in [-0.1, -0.05) is 18.6 Å². The van der Waals surface area contributed by atoms with Gasteiger partial charge in [0.2, 0.25) is 0 Å². The molecule has 86 valence electrons. The Balaban J connectivity index is 1.81. The maximum atomic E-state index is 2.68. The fraction of sp³-hybridized carbons (Fsp3) is 0.846. The largest absolute Gasteiger partial charge is 0.303 e. The van der Waals surface area contributed by atoms with Crippen LogP contribution in [-0.2, 0) is 0 Å². The summed E-state index contributed by atoms with van der Waals surface area (Å²) in [5.74, 6) is 0. The summed E-state index contributed by atoms with van der Waals surface area (Å²) in [5.41, 5.74) is 1.58. The molecule has 0 aromatic heterocycles. The third-order valence-corrected chi connectivity index (χ3v) is 3.99. The molecule has 0 spiro atoms. The van der Waals surface area contributed by atoms with Crippen molar-refractivity contribution in [3.8, 4) is 0 Å². The fourth-order valence-electron chi connectivity index (χ4n) is 2.72. The van der Waals surface area contributed by atoms with Crippen LogP contribution in [-0.4, -0.2) is 48.6 Å². The summed E-state index contributed by atoms with van der Waals surface area (Å²) in [6.45, 7) is 10.9. The molecule has 1 saturated heterocycles. The molecule has 0 amide bonds. The Morgan fingerprint density at radius 3 is 2.53 bits per heavy atom. The van der Waals surface area contributed by atoms with Crippen molar-refractivity contribution in [3.05, 3.63) is 11.6 Å². The van der Waals surface area contributed by atoms with E-state index in [1.54, 1.807) is 5.57 Å². The molecule has 0 N–H and O–H groups in total. The van der Waals surface area contributed by atoms with E-state index in [4.69, 9.17) is 0 Å². The summed E-state index contributed by atoms with van der Waals surface area (Å²) in [5, 5.41) is 0. The molecule has 0 bridgehead atoms. The first-order valence-corrected chi connectivity index (χ1v) is 6.41. The number of hydrogen-bond donors (Lipinski definition) is 0. The number of likely N-dealkylation sites (tertiary alicyclic amines) is 1. The van der Waals surface area contributed by atoms with E-state index >= 15 is 0 Å². The predicted molar refractivity (Wildman–Crippen MR) is 65.1 cm³/mol. The lowest BCUT2D eigenvalue weighted by molar-refractivity contribution is 0.118. The van der Waals surface area contributed by atoms with E-state index in [0.717, 1.165) is 6.04 Å². The van der Waals surface area contributed by atoms with Crippen molar-refractivity contribution in [1.82, 2.24) is 9.80 Å². The van der Waals surface area contributed by atoms with Gasteiger partial charge >= 0.3 is 0 Å². The lowest BCUT2D eigenvalue weighted by Crippen LogP contribution is -2.46. The Kier molecular flexibility index (Phi) is 3.81. The van der Waals surface area contributed by atoms with Gasteiger partial charge < -0.3 is 4.90 Å². The summed E-state index contributed by atoms with van der Waals surface area (Å²) in [7, 11) is 0. The van der Waals surface area contributed by atoms with Crippen molar-refractivity contribution in [2.75, 3.05) is 32.7 Å². The standard InChI is InChI=1S/C13H24N2/c1-3-14-8-6-13(7-9-14)15-10-4-12(2)5-11-15/h4,13H,3,5-11H2,1-2H3. The maximum absolute atomic E-state index is 2.68. The molecular weight excluding hydrogens is 184 g/mol. The van der Waals surface area contributed by atoms with Crippen molar-refractivity contribution in [1.29, 1.82) is 0 Å². The summed E-state index contributed by atoms with van der Waals surface area (Å²) in [4.78, 5) is 5.25. The zero-order chi connectivity index (χ0) is 10.7. The van der Waals surface area contributed by atoms with Gasteiger partial charge in [0.05, 0.1) is 0 Å².